The molecule has 0 aromatic rings. The summed E-state index contributed by atoms with van der Waals surface area (Å²) < 4.78 is 0. The first kappa shape index (κ1) is 15.0. The van der Waals surface area contributed by atoms with Gasteiger partial charge in [-0.2, -0.15) is 0 Å². The normalized spacial score (nSPS) is 23.6. The molecule has 0 aromatic carbocycles. The summed E-state index contributed by atoms with van der Waals surface area (Å²) in [6, 6.07) is 0. The molecule has 1 aliphatic rings. The van der Waals surface area contributed by atoms with Crippen LogP contribution in [0.1, 0.15) is 53.4 Å². The first-order chi connectivity index (χ1) is 8.07. The van der Waals surface area contributed by atoms with E-state index >= 15 is 0 Å². The second-order valence-electron chi connectivity index (χ2n) is 6.43. The van der Waals surface area contributed by atoms with Gasteiger partial charge in [-0.25, -0.2) is 0 Å². The second kappa shape index (κ2) is 7.38. The van der Waals surface area contributed by atoms with Crippen molar-refractivity contribution < 1.29 is 0 Å². The molecular formula is C15H32N2. The molecule has 17 heavy (non-hydrogen) atoms. The topological polar surface area (TPSA) is 15.3 Å². The molecule has 0 aromatic heterocycles. The van der Waals surface area contributed by atoms with Crippen LogP contribution in [0.25, 0.3) is 0 Å². The van der Waals surface area contributed by atoms with Crippen molar-refractivity contribution in [3.05, 3.63) is 0 Å². The first-order valence-electron chi connectivity index (χ1n) is 7.50. The summed E-state index contributed by atoms with van der Waals surface area (Å²) in [6.07, 6.45) is 5.62. The lowest BCUT2D eigenvalue weighted by Gasteiger charge is -2.32. The third kappa shape index (κ3) is 5.87. The van der Waals surface area contributed by atoms with E-state index in [0.29, 0.717) is 5.41 Å². The Hall–Kier alpha value is -0.0800. The highest BCUT2D eigenvalue weighted by molar-refractivity contribution is 4.78. The van der Waals surface area contributed by atoms with Gasteiger partial charge in [0, 0.05) is 13.1 Å². The van der Waals surface area contributed by atoms with Crippen molar-refractivity contribution >= 4 is 0 Å². The molecule has 0 radical (unpaired) electrons. The molecule has 1 saturated heterocycles. The number of hydrogen-bond acceptors (Lipinski definition) is 2. The number of hydrogen-bond donors (Lipinski definition) is 1. The SMILES string of the molecule is CCNCC(C)(C)CN1CCCC(CC)CC1. The minimum Gasteiger partial charge on any atom is -0.316 e. The Balaban J connectivity index is 2.35. The van der Waals surface area contributed by atoms with E-state index in [0.717, 1.165) is 19.0 Å². The highest BCUT2D eigenvalue weighted by Gasteiger charge is 2.23. The largest absolute Gasteiger partial charge is 0.316 e. The van der Waals surface area contributed by atoms with Crippen LogP contribution in [0.4, 0.5) is 0 Å². The molecule has 1 heterocycles. The van der Waals surface area contributed by atoms with E-state index in [1.165, 1.54) is 45.3 Å². The van der Waals surface area contributed by atoms with Gasteiger partial charge in [0.05, 0.1) is 0 Å². The Labute approximate surface area is 108 Å². The van der Waals surface area contributed by atoms with Crippen molar-refractivity contribution in [1.82, 2.24) is 10.2 Å². The van der Waals surface area contributed by atoms with E-state index in [-0.39, 0.29) is 0 Å². The zero-order valence-electron chi connectivity index (χ0n) is 12.4. The summed E-state index contributed by atoms with van der Waals surface area (Å²) in [7, 11) is 0. The molecule has 1 N–H and O–H groups in total. The van der Waals surface area contributed by atoms with Gasteiger partial charge < -0.3 is 10.2 Å². The summed E-state index contributed by atoms with van der Waals surface area (Å²) in [4.78, 5) is 2.69. The average Bonchev–Trinajstić information content (AvgIpc) is 2.51. The number of nitrogens with one attached hydrogen (secondary N) is 1. The number of nitrogens with zero attached hydrogens (tertiary/aromatic N) is 1. The Morgan fingerprint density at radius 3 is 2.59 bits per heavy atom. The molecule has 2 nitrogen and oxygen atoms in total. The molecule has 1 unspecified atom stereocenters. The quantitative estimate of drug-likeness (QED) is 0.767. The number of rotatable bonds is 6. The van der Waals surface area contributed by atoms with Gasteiger partial charge in [-0.3, -0.25) is 0 Å². The molecule has 0 aliphatic carbocycles. The maximum absolute atomic E-state index is 3.49. The van der Waals surface area contributed by atoms with E-state index in [9.17, 15) is 0 Å². The monoisotopic (exact) mass is 240 g/mol. The maximum atomic E-state index is 3.49. The zero-order chi connectivity index (χ0) is 12.7. The summed E-state index contributed by atoms with van der Waals surface area (Å²) in [5, 5.41) is 3.49. The van der Waals surface area contributed by atoms with Gasteiger partial charge in [-0.15, -0.1) is 0 Å². The van der Waals surface area contributed by atoms with Crippen LogP contribution in [-0.4, -0.2) is 37.6 Å². The van der Waals surface area contributed by atoms with E-state index in [4.69, 9.17) is 0 Å². The van der Waals surface area contributed by atoms with Crippen LogP contribution < -0.4 is 5.32 Å². The van der Waals surface area contributed by atoms with Gasteiger partial charge in [0.2, 0.25) is 0 Å². The van der Waals surface area contributed by atoms with Crippen LogP contribution in [0, 0.1) is 11.3 Å². The lowest BCUT2D eigenvalue weighted by molar-refractivity contribution is 0.178. The van der Waals surface area contributed by atoms with Crippen LogP contribution >= 0.6 is 0 Å². The maximum Gasteiger partial charge on any atom is 0.00448 e. The molecule has 0 bridgehead atoms. The van der Waals surface area contributed by atoms with E-state index in [1.807, 2.05) is 0 Å². The molecule has 1 fully saturated rings. The smallest absolute Gasteiger partial charge is 0.00448 e. The third-order valence-electron chi connectivity index (χ3n) is 4.02. The van der Waals surface area contributed by atoms with Gasteiger partial charge >= 0.3 is 0 Å². The van der Waals surface area contributed by atoms with Crippen molar-refractivity contribution in [3.63, 3.8) is 0 Å². The summed E-state index contributed by atoms with van der Waals surface area (Å²) in [6.45, 7) is 15.4. The fourth-order valence-corrected chi connectivity index (χ4v) is 2.92. The number of likely N-dealkylation sites (tertiary alicyclic amines) is 1. The van der Waals surface area contributed by atoms with Crippen LogP contribution in [0.15, 0.2) is 0 Å². The molecule has 0 saturated carbocycles. The van der Waals surface area contributed by atoms with Gasteiger partial charge in [-0.05, 0) is 50.2 Å². The van der Waals surface area contributed by atoms with Crippen LogP contribution in [-0.2, 0) is 0 Å². The molecule has 102 valence electrons. The van der Waals surface area contributed by atoms with Crippen LogP contribution in [0.5, 0.6) is 0 Å². The highest BCUT2D eigenvalue weighted by atomic mass is 15.1. The molecular weight excluding hydrogens is 208 g/mol. The highest BCUT2D eigenvalue weighted by Crippen LogP contribution is 2.23. The molecule has 1 atom stereocenters. The van der Waals surface area contributed by atoms with Gasteiger partial charge in [0.1, 0.15) is 0 Å². The lowest BCUT2D eigenvalue weighted by Crippen LogP contribution is -2.41. The zero-order valence-corrected chi connectivity index (χ0v) is 12.4. The average molecular weight is 240 g/mol. The van der Waals surface area contributed by atoms with Crippen LogP contribution in [0.3, 0.4) is 0 Å². The fourth-order valence-electron chi connectivity index (χ4n) is 2.92. The first-order valence-corrected chi connectivity index (χ1v) is 7.50. The minimum absolute atomic E-state index is 0.405. The Morgan fingerprint density at radius 1 is 1.18 bits per heavy atom. The molecule has 0 spiro atoms. The van der Waals surface area contributed by atoms with Crippen LogP contribution in [0.2, 0.25) is 0 Å². The third-order valence-corrected chi connectivity index (χ3v) is 4.02. The molecule has 1 rings (SSSR count). The summed E-state index contributed by atoms with van der Waals surface area (Å²) in [5.74, 6) is 0.983. The standard InChI is InChI=1S/C15H32N2/c1-5-14-8-7-10-17(11-9-14)13-15(3,4)12-16-6-2/h14,16H,5-13H2,1-4H3. The molecule has 0 amide bonds. The lowest BCUT2D eigenvalue weighted by atomic mass is 9.92. The predicted molar refractivity (Wildman–Crippen MR) is 76.4 cm³/mol. The van der Waals surface area contributed by atoms with Crippen molar-refractivity contribution in [2.45, 2.75) is 53.4 Å². The van der Waals surface area contributed by atoms with E-state index in [2.05, 4.69) is 37.9 Å². The van der Waals surface area contributed by atoms with Crippen molar-refractivity contribution in [3.8, 4) is 0 Å². The second-order valence-corrected chi connectivity index (χ2v) is 6.43. The van der Waals surface area contributed by atoms with Crippen molar-refractivity contribution in [1.29, 1.82) is 0 Å². The predicted octanol–water partition coefficient (Wildman–Crippen LogP) is 3.13. The summed E-state index contributed by atoms with van der Waals surface area (Å²) in [5.41, 5.74) is 0.405. The summed E-state index contributed by atoms with van der Waals surface area (Å²) >= 11 is 0. The molecule has 2 heteroatoms. The minimum atomic E-state index is 0.405. The van der Waals surface area contributed by atoms with Crippen molar-refractivity contribution in [2.24, 2.45) is 11.3 Å². The Kier molecular flexibility index (Phi) is 6.50. The van der Waals surface area contributed by atoms with Crippen molar-refractivity contribution in [2.75, 3.05) is 32.7 Å². The Bertz CT molecular complexity index is 201. The Morgan fingerprint density at radius 2 is 1.94 bits per heavy atom. The molecule has 1 aliphatic heterocycles. The van der Waals surface area contributed by atoms with Gasteiger partial charge in [-0.1, -0.05) is 34.1 Å². The van der Waals surface area contributed by atoms with E-state index in [1.54, 1.807) is 0 Å². The fraction of sp³-hybridized carbons (Fsp3) is 1.00. The van der Waals surface area contributed by atoms with Gasteiger partial charge in [0.25, 0.3) is 0 Å². The van der Waals surface area contributed by atoms with E-state index < -0.39 is 0 Å². The van der Waals surface area contributed by atoms with Gasteiger partial charge in [0.15, 0.2) is 0 Å².